The third-order valence-electron chi connectivity index (χ3n) is 4.46. The summed E-state index contributed by atoms with van der Waals surface area (Å²) in [4.78, 5) is 14.3. The van der Waals surface area contributed by atoms with Gasteiger partial charge in [0.25, 0.3) is 5.91 Å². The van der Waals surface area contributed by atoms with Gasteiger partial charge in [0, 0.05) is 25.3 Å². The van der Waals surface area contributed by atoms with Crippen molar-refractivity contribution in [2.24, 2.45) is 5.41 Å². The van der Waals surface area contributed by atoms with Gasteiger partial charge in [-0.2, -0.15) is 0 Å². The van der Waals surface area contributed by atoms with Crippen LogP contribution in [0.2, 0.25) is 0 Å². The summed E-state index contributed by atoms with van der Waals surface area (Å²) in [7, 11) is 0. The fourth-order valence-corrected chi connectivity index (χ4v) is 2.77. The lowest BCUT2D eigenvalue weighted by Crippen LogP contribution is -2.44. The Kier molecular flexibility index (Phi) is 4.25. The van der Waals surface area contributed by atoms with E-state index in [9.17, 15) is 9.90 Å². The minimum atomic E-state index is 0.0311. The van der Waals surface area contributed by atoms with Crippen molar-refractivity contribution in [3.8, 4) is 0 Å². The van der Waals surface area contributed by atoms with Gasteiger partial charge in [0.15, 0.2) is 0 Å². The first-order valence-electron chi connectivity index (χ1n) is 7.07. The second-order valence-electron chi connectivity index (χ2n) is 5.67. The smallest absolute Gasteiger partial charge is 0.253 e. The van der Waals surface area contributed by atoms with Gasteiger partial charge in [0.2, 0.25) is 0 Å². The summed E-state index contributed by atoms with van der Waals surface area (Å²) in [5.41, 5.74) is 1.91. The second kappa shape index (κ2) is 5.74. The van der Waals surface area contributed by atoms with E-state index in [0.717, 1.165) is 43.5 Å². The van der Waals surface area contributed by atoms with Crippen molar-refractivity contribution < 1.29 is 9.90 Å². The predicted molar refractivity (Wildman–Crippen MR) is 76.1 cm³/mol. The van der Waals surface area contributed by atoms with E-state index in [1.165, 1.54) is 0 Å². The molecule has 0 saturated carbocycles. The molecule has 1 aliphatic heterocycles. The monoisotopic (exact) mass is 261 g/mol. The fourth-order valence-electron chi connectivity index (χ4n) is 2.77. The Balaban J connectivity index is 2.04. The molecule has 2 rings (SSSR count). The molecular weight excluding hydrogens is 238 g/mol. The molecular formula is C16H23NO2. The number of carbonyl (C=O) groups excluding carboxylic acids is 1. The number of aliphatic hydroxyl groups excluding tert-OH is 1. The van der Waals surface area contributed by atoms with E-state index < -0.39 is 0 Å². The van der Waals surface area contributed by atoms with Crippen LogP contribution in [-0.2, 0) is 0 Å². The predicted octanol–water partition coefficient (Wildman–Crippen LogP) is 2.62. The molecule has 0 aliphatic carbocycles. The number of piperidine rings is 1. The third kappa shape index (κ3) is 2.98. The number of benzene rings is 1. The van der Waals surface area contributed by atoms with E-state index >= 15 is 0 Å². The Morgan fingerprint density at radius 2 is 2.05 bits per heavy atom. The topological polar surface area (TPSA) is 40.5 Å². The van der Waals surface area contributed by atoms with Gasteiger partial charge in [-0.1, -0.05) is 24.6 Å². The molecule has 19 heavy (non-hydrogen) atoms. The number of aliphatic hydroxyl groups is 1. The zero-order valence-corrected chi connectivity index (χ0v) is 11.9. The average Bonchev–Trinajstić information content (AvgIpc) is 2.46. The second-order valence-corrected chi connectivity index (χ2v) is 5.67. The highest BCUT2D eigenvalue weighted by molar-refractivity contribution is 5.94. The SMILES string of the molecule is CCC1(CO)CCN(C(=O)c2cccc(C)c2)CC1. The number of hydrogen-bond donors (Lipinski definition) is 1. The van der Waals surface area contributed by atoms with E-state index in [1.807, 2.05) is 36.1 Å². The van der Waals surface area contributed by atoms with Gasteiger partial charge in [-0.3, -0.25) is 4.79 Å². The van der Waals surface area contributed by atoms with Crippen LogP contribution >= 0.6 is 0 Å². The van der Waals surface area contributed by atoms with Crippen LogP contribution in [0.4, 0.5) is 0 Å². The molecule has 0 spiro atoms. The average molecular weight is 261 g/mol. The van der Waals surface area contributed by atoms with Gasteiger partial charge in [-0.15, -0.1) is 0 Å². The fraction of sp³-hybridized carbons (Fsp3) is 0.562. The highest BCUT2D eigenvalue weighted by atomic mass is 16.3. The molecule has 0 radical (unpaired) electrons. The molecule has 0 unspecified atom stereocenters. The maximum atomic E-state index is 12.4. The first-order valence-corrected chi connectivity index (χ1v) is 7.07. The van der Waals surface area contributed by atoms with Crippen molar-refractivity contribution in [2.45, 2.75) is 33.1 Å². The van der Waals surface area contributed by atoms with Crippen molar-refractivity contribution in [3.63, 3.8) is 0 Å². The Bertz CT molecular complexity index is 442. The van der Waals surface area contributed by atoms with Crippen LogP contribution in [0.1, 0.15) is 42.1 Å². The van der Waals surface area contributed by atoms with Crippen LogP contribution in [0.15, 0.2) is 24.3 Å². The molecule has 3 heteroatoms. The van der Waals surface area contributed by atoms with Crippen LogP contribution in [0.3, 0.4) is 0 Å². The number of carbonyl (C=O) groups is 1. The van der Waals surface area contributed by atoms with Gasteiger partial charge in [-0.25, -0.2) is 0 Å². The van der Waals surface area contributed by atoms with Crippen molar-refractivity contribution >= 4 is 5.91 Å². The Hall–Kier alpha value is -1.35. The van der Waals surface area contributed by atoms with Crippen molar-refractivity contribution in [3.05, 3.63) is 35.4 Å². The highest BCUT2D eigenvalue weighted by Crippen LogP contribution is 2.34. The van der Waals surface area contributed by atoms with E-state index in [2.05, 4.69) is 6.92 Å². The van der Waals surface area contributed by atoms with Gasteiger partial charge in [0.1, 0.15) is 0 Å². The number of rotatable bonds is 3. The summed E-state index contributed by atoms with van der Waals surface area (Å²) < 4.78 is 0. The molecule has 1 aromatic rings. The molecule has 1 N–H and O–H groups in total. The zero-order valence-electron chi connectivity index (χ0n) is 11.9. The highest BCUT2D eigenvalue weighted by Gasteiger charge is 2.34. The summed E-state index contributed by atoms with van der Waals surface area (Å²) in [5, 5.41) is 9.52. The molecule has 1 aliphatic rings. The lowest BCUT2D eigenvalue weighted by atomic mass is 9.77. The molecule has 3 nitrogen and oxygen atoms in total. The summed E-state index contributed by atoms with van der Waals surface area (Å²) in [5.74, 6) is 0.117. The summed E-state index contributed by atoms with van der Waals surface area (Å²) >= 11 is 0. The Morgan fingerprint density at radius 3 is 2.58 bits per heavy atom. The molecule has 0 atom stereocenters. The lowest BCUT2D eigenvalue weighted by Gasteiger charge is -2.40. The van der Waals surface area contributed by atoms with E-state index in [4.69, 9.17) is 0 Å². The van der Waals surface area contributed by atoms with E-state index in [1.54, 1.807) is 0 Å². The van der Waals surface area contributed by atoms with Gasteiger partial charge in [-0.05, 0) is 43.7 Å². The number of hydrogen-bond acceptors (Lipinski definition) is 2. The Labute approximate surface area is 115 Å². The Morgan fingerprint density at radius 1 is 1.37 bits per heavy atom. The van der Waals surface area contributed by atoms with E-state index in [0.29, 0.717) is 0 Å². The maximum Gasteiger partial charge on any atom is 0.253 e. The number of amides is 1. The van der Waals surface area contributed by atoms with Crippen LogP contribution in [0.5, 0.6) is 0 Å². The van der Waals surface area contributed by atoms with Crippen molar-refractivity contribution in [2.75, 3.05) is 19.7 Å². The molecule has 104 valence electrons. The largest absolute Gasteiger partial charge is 0.396 e. The first-order chi connectivity index (χ1) is 9.10. The summed E-state index contributed by atoms with van der Waals surface area (Å²) in [6.45, 7) is 5.85. The normalized spacial score (nSPS) is 18.4. The molecule has 0 bridgehead atoms. The minimum absolute atomic E-state index is 0.0311. The van der Waals surface area contributed by atoms with Crippen LogP contribution in [-0.4, -0.2) is 35.6 Å². The third-order valence-corrected chi connectivity index (χ3v) is 4.46. The molecule has 1 heterocycles. The van der Waals surface area contributed by atoms with Gasteiger partial charge in [0.05, 0.1) is 0 Å². The van der Waals surface area contributed by atoms with Crippen LogP contribution in [0.25, 0.3) is 0 Å². The number of nitrogens with zero attached hydrogens (tertiary/aromatic N) is 1. The molecule has 0 aromatic heterocycles. The summed E-state index contributed by atoms with van der Waals surface area (Å²) in [6.07, 6.45) is 2.78. The number of likely N-dealkylation sites (tertiary alicyclic amines) is 1. The standard InChI is InChI=1S/C16H23NO2/c1-3-16(12-18)7-9-17(10-8-16)15(19)14-6-4-5-13(2)11-14/h4-6,11,18H,3,7-10,12H2,1-2H3. The quantitative estimate of drug-likeness (QED) is 0.908. The van der Waals surface area contributed by atoms with Crippen LogP contribution in [0, 0.1) is 12.3 Å². The van der Waals surface area contributed by atoms with Crippen molar-refractivity contribution in [1.82, 2.24) is 4.90 Å². The lowest BCUT2D eigenvalue weighted by molar-refractivity contribution is 0.0338. The summed E-state index contributed by atoms with van der Waals surface area (Å²) in [6, 6.07) is 7.75. The molecule has 1 saturated heterocycles. The van der Waals surface area contributed by atoms with Crippen LogP contribution < -0.4 is 0 Å². The van der Waals surface area contributed by atoms with Crippen molar-refractivity contribution in [1.29, 1.82) is 0 Å². The first kappa shape index (κ1) is 14.1. The maximum absolute atomic E-state index is 12.4. The molecule has 1 amide bonds. The molecule has 1 fully saturated rings. The van der Waals surface area contributed by atoms with E-state index in [-0.39, 0.29) is 17.9 Å². The minimum Gasteiger partial charge on any atom is -0.396 e. The van der Waals surface area contributed by atoms with Gasteiger partial charge < -0.3 is 10.0 Å². The van der Waals surface area contributed by atoms with Gasteiger partial charge >= 0.3 is 0 Å². The zero-order chi connectivity index (χ0) is 13.9. The molecule has 1 aromatic carbocycles. The number of aryl methyl sites for hydroxylation is 1.